The van der Waals surface area contributed by atoms with E-state index in [1.807, 2.05) is 0 Å². The van der Waals surface area contributed by atoms with Crippen LogP contribution < -0.4 is 15.4 Å². The summed E-state index contributed by atoms with van der Waals surface area (Å²) in [5.41, 5.74) is 6.81. The fourth-order valence-electron chi connectivity index (χ4n) is 4.15. The van der Waals surface area contributed by atoms with Gasteiger partial charge in [-0.2, -0.15) is 0 Å². The van der Waals surface area contributed by atoms with Crippen LogP contribution in [0.1, 0.15) is 29.9 Å². The molecule has 0 aliphatic carbocycles. The highest BCUT2D eigenvalue weighted by Crippen LogP contribution is 2.46. The zero-order valence-corrected chi connectivity index (χ0v) is 13.9. The number of benzene rings is 2. The maximum atomic E-state index is 5.36. The Hall–Kier alpha value is -2.00. The molecule has 120 valence electrons. The van der Waals surface area contributed by atoms with Crippen molar-refractivity contribution in [1.29, 1.82) is 0 Å². The number of fused-ring (bicyclic) bond motifs is 3. The Balaban J connectivity index is 1.81. The Morgan fingerprint density at radius 2 is 1.91 bits per heavy atom. The highest BCUT2D eigenvalue weighted by Gasteiger charge is 2.34. The van der Waals surface area contributed by atoms with Gasteiger partial charge in [0.15, 0.2) is 0 Å². The first kappa shape index (κ1) is 14.6. The van der Waals surface area contributed by atoms with Crippen molar-refractivity contribution < 1.29 is 4.74 Å². The molecule has 2 N–H and O–H groups in total. The molecule has 2 aromatic carbocycles. The number of anilines is 1. The summed E-state index contributed by atoms with van der Waals surface area (Å²) in [7, 11) is 1.72. The van der Waals surface area contributed by atoms with Crippen molar-refractivity contribution in [2.45, 2.75) is 31.7 Å². The van der Waals surface area contributed by atoms with E-state index in [0.717, 1.165) is 18.8 Å². The van der Waals surface area contributed by atoms with E-state index in [1.54, 1.807) is 7.11 Å². The molecule has 0 radical (unpaired) electrons. The second-order valence-electron chi connectivity index (χ2n) is 6.63. The van der Waals surface area contributed by atoms with Crippen molar-refractivity contribution in [2.24, 2.45) is 0 Å². The van der Waals surface area contributed by atoms with Gasteiger partial charge < -0.3 is 15.4 Å². The Kier molecular flexibility index (Phi) is 3.74. The summed E-state index contributed by atoms with van der Waals surface area (Å²) in [6, 6.07) is 13.6. The first-order chi connectivity index (χ1) is 11.3. The van der Waals surface area contributed by atoms with E-state index in [-0.39, 0.29) is 0 Å². The van der Waals surface area contributed by atoms with Gasteiger partial charge in [0.1, 0.15) is 5.75 Å². The van der Waals surface area contributed by atoms with Gasteiger partial charge in [0.05, 0.1) is 7.11 Å². The molecule has 0 aromatic heterocycles. The highest BCUT2D eigenvalue weighted by atomic mass is 16.5. The van der Waals surface area contributed by atoms with Crippen molar-refractivity contribution in [3.8, 4) is 16.9 Å². The van der Waals surface area contributed by atoms with Crippen LogP contribution in [0.2, 0.25) is 0 Å². The topological polar surface area (TPSA) is 33.3 Å². The van der Waals surface area contributed by atoms with Crippen molar-refractivity contribution in [2.75, 3.05) is 25.5 Å². The van der Waals surface area contributed by atoms with Crippen molar-refractivity contribution >= 4 is 5.69 Å². The van der Waals surface area contributed by atoms with E-state index in [4.69, 9.17) is 4.74 Å². The maximum Gasteiger partial charge on any atom is 0.119 e. The van der Waals surface area contributed by atoms with Crippen LogP contribution >= 0.6 is 0 Å². The molecule has 0 unspecified atom stereocenters. The number of methoxy groups -OCH3 is 1. The largest absolute Gasteiger partial charge is 0.497 e. The molecule has 3 nitrogen and oxygen atoms in total. The summed E-state index contributed by atoms with van der Waals surface area (Å²) in [4.78, 5) is 0. The molecule has 2 atom stereocenters. The third-order valence-electron chi connectivity index (χ3n) is 5.29. The summed E-state index contributed by atoms with van der Waals surface area (Å²) in [6.45, 7) is 4.39. The summed E-state index contributed by atoms with van der Waals surface area (Å²) in [5.74, 6) is 1.53. The van der Waals surface area contributed by atoms with Crippen molar-refractivity contribution in [1.82, 2.24) is 5.32 Å². The van der Waals surface area contributed by atoms with Gasteiger partial charge in [0.2, 0.25) is 0 Å². The van der Waals surface area contributed by atoms with Crippen LogP contribution in [0.25, 0.3) is 11.1 Å². The minimum Gasteiger partial charge on any atom is -0.497 e. The Morgan fingerprint density at radius 1 is 1.04 bits per heavy atom. The molecular formula is C20H24N2O. The van der Waals surface area contributed by atoms with Gasteiger partial charge in [-0.05, 0) is 73.3 Å². The van der Waals surface area contributed by atoms with Gasteiger partial charge in [0.25, 0.3) is 0 Å². The lowest BCUT2D eigenvalue weighted by atomic mass is 9.85. The van der Waals surface area contributed by atoms with Crippen molar-refractivity contribution in [3.05, 3.63) is 47.5 Å². The fourth-order valence-corrected chi connectivity index (χ4v) is 4.15. The first-order valence-corrected chi connectivity index (χ1v) is 8.53. The summed E-state index contributed by atoms with van der Waals surface area (Å²) >= 11 is 0. The first-order valence-electron chi connectivity index (χ1n) is 8.53. The average molecular weight is 308 g/mol. The SMILES string of the molecule is COc1ccc(-c2cccc3c2[C@@H]2CCNCC[C@H]2N3)c(C)c1. The number of ether oxygens (including phenoxy) is 1. The summed E-state index contributed by atoms with van der Waals surface area (Å²) in [5, 5.41) is 7.30. The second kappa shape index (κ2) is 5.89. The second-order valence-corrected chi connectivity index (χ2v) is 6.63. The van der Waals surface area contributed by atoms with E-state index in [0.29, 0.717) is 12.0 Å². The predicted molar refractivity (Wildman–Crippen MR) is 95.4 cm³/mol. The van der Waals surface area contributed by atoms with Gasteiger partial charge >= 0.3 is 0 Å². The Labute approximate surface area is 138 Å². The molecule has 3 heteroatoms. The molecule has 2 aliphatic heterocycles. The zero-order chi connectivity index (χ0) is 15.8. The predicted octanol–water partition coefficient (Wildman–Crippen LogP) is 3.93. The molecule has 1 saturated heterocycles. The Bertz CT molecular complexity index is 726. The smallest absolute Gasteiger partial charge is 0.119 e. The van der Waals surface area contributed by atoms with E-state index < -0.39 is 0 Å². The molecule has 2 heterocycles. The van der Waals surface area contributed by atoms with Gasteiger partial charge in [-0.1, -0.05) is 18.2 Å². The number of nitrogens with one attached hydrogen (secondary N) is 2. The molecular weight excluding hydrogens is 284 g/mol. The zero-order valence-electron chi connectivity index (χ0n) is 13.9. The minimum atomic E-state index is 0.569. The van der Waals surface area contributed by atoms with Crippen LogP contribution in [-0.2, 0) is 0 Å². The molecule has 0 spiro atoms. The summed E-state index contributed by atoms with van der Waals surface area (Å²) < 4.78 is 5.36. The van der Waals surface area contributed by atoms with Crippen LogP contribution in [0.3, 0.4) is 0 Å². The van der Waals surface area contributed by atoms with E-state index in [1.165, 1.54) is 40.8 Å². The van der Waals surface area contributed by atoms with Crippen LogP contribution in [-0.4, -0.2) is 26.2 Å². The van der Waals surface area contributed by atoms with Gasteiger partial charge in [-0.15, -0.1) is 0 Å². The van der Waals surface area contributed by atoms with Crippen LogP contribution in [0.15, 0.2) is 36.4 Å². The minimum absolute atomic E-state index is 0.569. The van der Waals surface area contributed by atoms with Crippen LogP contribution in [0, 0.1) is 6.92 Å². The number of aryl methyl sites for hydroxylation is 1. The molecule has 0 bridgehead atoms. The van der Waals surface area contributed by atoms with Gasteiger partial charge in [0, 0.05) is 17.6 Å². The summed E-state index contributed by atoms with van der Waals surface area (Å²) in [6.07, 6.45) is 2.40. The standard InChI is InChI=1S/C20H24N2O/c1-13-12-14(23-2)6-7-15(13)16-4-3-5-19-20(16)17-8-10-21-11-9-18(17)22-19/h3-7,12,17-18,21-22H,8-11H2,1-2H3/t17-,18-/m1/s1. The van der Waals surface area contributed by atoms with Crippen LogP contribution in [0.5, 0.6) is 5.75 Å². The van der Waals surface area contributed by atoms with Gasteiger partial charge in [-0.3, -0.25) is 0 Å². The molecule has 2 aliphatic rings. The quantitative estimate of drug-likeness (QED) is 0.882. The lowest BCUT2D eigenvalue weighted by molar-refractivity contribution is 0.414. The maximum absolute atomic E-state index is 5.36. The third kappa shape index (κ3) is 2.49. The van der Waals surface area contributed by atoms with Crippen LogP contribution in [0.4, 0.5) is 5.69 Å². The number of hydrogen-bond acceptors (Lipinski definition) is 3. The number of hydrogen-bond donors (Lipinski definition) is 2. The molecule has 0 amide bonds. The Morgan fingerprint density at radius 3 is 2.74 bits per heavy atom. The molecule has 23 heavy (non-hydrogen) atoms. The van der Waals surface area contributed by atoms with Gasteiger partial charge in [-0.25, -0.2) is 0 Å². The van der Waals surface area contributed by atoms with E-state index in [9.17, 15) is 0 Å². The monoisotopic (exact) mass is 308 g/mol. The average Bonchev–Trinajstić information content (AvgIpc) is 2.76. The molecule has 0 saturated carbocycles. The molecule has 4 rings (SSSR count). The van der Waals surface area contributed by atoms with E-state index in [2.05, 4.69) is 54.0 Å². The molecule has 1 fully saturated rings. The lowest BCUT2D eigenvalue weighted by Crippen LogP contribution is -2.21. The van der Waals surface area contributed by atoms with E-state index >= 15 is 0 Å². The van der Waals surface area contributed by atoms with Crippen molar-refractivity contribution in [3.63, 3.8) is 0 Å². The highest BCUT2D eigenvalue weighted by molar-refractivity contribution is 5.79. The molecule has 2 aromatic rings. The fraction of sp³-hybridized carbons (Fsp3) is 0.400. The lowest BCUT2D eigenvalue weighted by Gasteiger charge is -2.19. The number of rotatable bonds is 2. The normalized spacial score (nSPS) is 22.7. The third-order valence-corrected chi connectivity index (χ3v) is 5.29.